The molecule has 0 spiro atoms. The van der Waals surface area contributed by atoms with Crippen molar-refractivity contribution in [1.82, 2.24) is 0 Å². The third-order valence-corrected chi connectivity index (χ3v) is 8.30. The van der Waals surface area contributed by atoms with Crippen LogP contribution < -0.4 is 23.7 Å². The van der Waals surface area contributed by atoms with E-state index in [9.17, 15) is 24.0 Å². The van der Waals surface area contributed by atoms with Crippen LogP contribution in [-0.2, 0) is 25.4 Å². The Bertz CT molecular complexity index is 2080. The molecule has 4 aromatic rings. The zero-order valence-electron chi connectivity index (χ0n) is 32.7. The first-order valence-corrected chi connectivity index (χ1v) is 17.9. The van der Waals surface area contributed by atoms with E-state index in [1.807, 2.05) is 13.8 Å². The third kappa shape index (κ3) is 12.3. The number of benzene rings is 4. The summed E-state index contributed by atoms with van der Waals surface area (Å²) in [7, 11) is 0. The van der Waals surface area contributed by atoms with Crippen LogP contribution in [0.5, 0.6) is 28.7 Å². The predicted molar refractivity (Wildman–Crippen MR) is 205 cm³/mol. The minimum atomic E-state index is -1.04. The topological polar surface area (TPSA) is 159 Å². The molecule has 0 atom stereocenters. The summed E-state index contributed by atoms with van der Waals surface area (Å²) < 4.78 is 43.0. The van der Waals surface area contributed by atoms with Crippen LogP contribution in [0.25, 0.3) is 10.8 Å². The monoisotopic (exact) mass is 770 g/mol. The van der Waals surface area contributed by atoms with E-state index >= 15 is 0 Å². The van der Waals surface area contributed by atoms with Gasteiger partial charge in [0.1, 0.15) is 45.6 Å². The lowest BCUT2D eigenvalue weighted by atomic mass is 9.92. The lowest BCUT2D eigenvalue weighted by Crippen LogP contribution is -2.40. The molecular weight excluding hydrogens is 724 g/mol. The van der Waals surface area contributed by atoms with E-state index in [2.05, 4.69) is 6.58 Å². The van der Waals surface area contributed by atoms with Gasteiger partial charge in [0, 0.05) is 18.1 Å². The minimum Gasteiger partial charge on any atom is -0.456 e. The van der Waals surface area contributed by atoms with E-state index in [-0.39, 0.29) is 35.0 Å². The molecule has 0 bridgehead atoms. The van der Waals surface area contributed by atoms with E-state index < -0.39 is 47.2 Å². The molecule has 296 valence electrons. The Hall–Kier alpha value is -6.37. The quantitative estimate of drug-likeness (QED) is 0.0392. The van der Waals surface area contributed by atoms with Crippen molar-refractivity contribution in [2.75, 3.05) is 0 Å². The maximum absolute atomic E-state index is 13.0. The van der Waals surface area contributed by atoms with Crippen molar-refractivity contribution < 1.29 is 61.9 Å². The van der Waals surface area contributed by atoms with Crippen LogP contribution in [0.1, 0.15) is 84.2 Å². The maximum atomic E-state index is 13.0. The number of hydrogen-bond donors (Lipinski definition) is 0. The Labute approximate surface area is 325 Å². The highest BCUT2D eigenvalue weighted by molar-refractivity contribution is 5.93. The van der Waals surface area contributed by atoms with E-state index in [4.69, 9.17) is 37.9 Å². The van der Waals surface area contributed by atoms with Gasteiger partial charge >= 0.3 is 30.4 Å². The van der Waals surface area contributed by atoms with Gasteiger partial charge in [0.15, 0.2) is 0 Å². The fraction of sp³-hybridized carbons (Fsp3) is 0.326. The highest BCUT2D eigenvalue weighted by Gasteiger charge is 2.35. The van der Waals surface area contributed by atoms with Gasteiger partial charge in [0.2, 0.25) is 0 Å². The first kappa shape index (κ1) is 42.4. The maximum Gasteiger partial charge on any atom is 0.519 e. The SMILES string of the molecule is C=CC(=O)OC(C)(C)CC(C)(C)OC(=O)Oc1ccc(C(=O)Oc2ccc3c(CC)c(OC(=O)Oc4ccc(OC(=O)OC(C)(C)CC)cc4)ccc3c2)cc1. The molecule has 56 heavy (non-hydrogen) atoms. The van der Waals surface area contributed by atoms with Crippen molar-refractivity contribution in [2.45, 2.75) is 91.5 Å². The first-order valence-electron chi connectivity index (χ1n) is 17.9. The predicted octanol–water partition coefficient (Wildman–Crippen LogP) is 10.1. The normalized spacial score (nSPS) is 11.5. The number of rotatable bonds is 14. The molecule has 13 heteroatoms. The van der Waals surface area contributed by atoms with Crippen LogP contribution >= 0.6 is 0 Å². The van der Waals surface area contributed by atoms with Crippen LogP contribution in [0.2, 0.25) is 0 Å². The van der Waals surface area contributed by atoms with Crippen molar-refractivity contribution in [1.29, 1.82) is 0 Å². The van der Waals surface area contributed by atoms with E-state index in [1.54, 1.807) is 71.9 Å². The van der Waals surface area contributed by atoms with Gasteiger partial charge in [-0.3, -0.25) is 0 Å². The fourth-order valence-electron chi connectivity index (χ4n) is 5.65. The zero-order valence-corrected chi connectivity index (χ0v) is 32.7. The standard InChI is InChI=1S/C43H46O13/c1-10-33-34-23-22-32(49-37(45)27-13-16-29(17-14-27)51-40(48)56-43(8,9)26-42(6,7)54-36(44)11-2)25-28(34)15-24-35(33)53-38(46)50-30-18-20-31(21-19-30)52-39(47)55-41(4,5)12-3/h11,13-25H,2,10,12,26H2,1,3-9H3. The molecule has 13 nitrogen and oxygen atoms in total. The smallest absolute Gasteiger partial charge is 0.456 e. The Balaban J connectivity index is 1.33. The lowest BCUT2D eigenvalue weighted by Gasteiger charge is -2.33. The van der Waals surface area contributed by atoms with Gasteiger partial charge in [-0.05, 0) is 132 Å². The van der Waals surface area contributed by atoms with Crippen LogP contribution in [0.15, 0.2) is 91.5 Å². The number of aryl methyl sites for hydroxylation is 1. The second-order valence-corrected chi connectivity index (χ2v) is 14.5. The van der Waals surface area contributed by atoms with Crippen molar-refractivity contribution in [3.05, 3.63) is 103 Å². The number of carbonyl (C=O) groups excluding carboxylic acids is 5. The number of hydrogen-bond acceptors (Lipinski definition) is 13. The average molecular weight is 771 g/mol. The molecule has 0 aliphatic rings. The molecule has 0 aliphatic heterocycles. The molecule has 0 unspecified atom stereocenters. The molecule has 0 fully saturated rings. The summed E-state index contributed by atoms with van der Waals surface area (Å²) in [5.74, 6) is -0.140. The highest BCUT2D eigenvalue weighted by Crippen LogP contribution is 2.32. The summed E-state index contributed by atoms with van der Waals surface area (Å²) in [6, 6.07) is 20.0. The highest BCUT2D eigenvalue weighted by atomic mass is 16.7. The number of fused-ring (bicyclic) bond motifs is 1. The van der Waals surface area contributed by atoms with E-state index in [0.29, 0.717) is 18.6 Å². The summed E-state index contributed by atoms with van der Waals surface area (Å²) in [4.78, 5) is 61.9. The van der Waals surface area contributed by atoms with Gasteiger partial charge in [-0.2, -0.15) is 0 Å². The van der Waals surface area contributed by atoms with Gasteiger partial charge in [-0.15, -0.1) is 0 Å². The summed E-state index contributed by atoms with van der Waals surface area (Å²) in [6.07, 6.45) is -0.410. The van der Waals surface area contributed by atoms with Gasteiger partial charge in [-0.25, -0.2) is 24.0 Å². The molecule has 0 heterocycles. The first-order chi connectivity index (χ1) is 26.3. The van der Waals surface area contributed by atoms with Crippen molar-refractivity contribution >= 4 is 41.2 Å². The molecule has 0 radical (unpaired) electrons. The number of ether oxygens (including phenoxy) is 8. The fourth-order valence-corrected chi connectivity index (χ4v) is 5.65. The van der Waals surface area contributed by atoms with E-state index in [1.165, 1.54) is 48.5 Å². The second-order valence-electron chi connectivity index (χ2n) is 14.5. The summed E-state index contributed by atoms with van der Waals surface area (Å²) in [5.41, 5.74) is -1.71. The molecule has 0 amide bonds. The molecule has 0 aromatic heterocycles. The molecular formula is C43H46O13. The Kier molecular flexibility index (Phi) is 13.5. The van der Waals surface area contributed by atoms with Gasteiger partial charge in [0.25, 0.3) is 0 Å². The molecule has 0 saturated heterocycles. The van der Waals surface area contributed by atoms with Crippen LogP contribution in [-0.4, -0.2) is 47.2 Å². The summed E-state index contributed by atoms with van der Waals surface area (Å²) in [6.45, 7) is 17.4. The van der Waals surface area contributed by atoms with Crippen LogP contribution in [0, 0.1) is 0 Å². The van der Waals surface area contributed by atoms with E-state index in [0.717, 1.165) is 22.4 Å². The van der Waals surface area contributed by atoms with Crippen molar-refractivity contribution in [3.63, 3.8) is 0 Å². The number of esters is 2. The van der Waals surface area contributed by atoms with Crippen molar-refractivity contribution in [3.8, 4) is 28.7 Å². The summed E-state index contributed by atoms with van der Waals surface area (Å²) in [5, 5.41) is 1.51. The third-order valence-electron chi connectivity index (χ3n) is 8.30. The van der Waals surface area contributed by atoms with Crippen LogP contribution in [0.3, 0.4) is 0 Å². The Morgan fingerprint density at radius 1 is 0.571 bits per heavy atom. The van der Waals surface area contributed by atoms with Crippen molar-refractivity contribution in [2.24, 2.45) is 0 Å². The molecule has 0 N–H and O–H groups in total. The number of carbonyl (C=O) groups is 5. The Morgan fingerprint density at radius 2 is 1.07 bits per heavy atom. The largest absolute Gasteiger partial charge is 0.519 e. The Morgan fingerprint density at radius 3 is 1.61 bits per heavy atom. The van der Waals surface area contributed by atoms with Crippen LogP contribution in [0.4, 0.5) is 14.4 Å². The summed E-state index contributed by atoms with van der Waals surface area (Å²) >= 11 is 0. The molecule has 0 aliphatic carbocycles. The van der Waals surface area contributed by atoms with Gasteiger partial charge in [-0.1, -0.05) is 32.6 Å². The lowest BCUT2D eigenvalue weighted by molar-refractivity contribution is -0.155. The molecule has 4 aromatic carbocycles. The minimum absolute atomic E-state index is 0.137. The van der Waals surface area contributed by atoms with Gasteiger partial charge in [0.05, 0.1) is 5.56 Å². The molecule has 0 saturated carbocycles. The average Bonchev–Trinajstić information content (AvgIpc) is 3.11. The second kappa shape index (κ2) is 17.8. The van der Waals surface area contributed by atoms with Gasteiger partial charge < -0.3 is 37.9 Å². The zero-order chi connectivity index (χ0) is 41.3. The molecule has 4 rings (SSSR count).